The van der Waals surface area contributed by atoms with Gasteiger partial charge in [-0.15, -0.1) is 0 Å². The van der Waals surface area contributed by atoms with Crippen molar-refractivity contribution in [3.63, 3.8) is 0 Å². The SMILES string of the molecule is Cc1nc2n(n1)CCN(C)C2(C)C. The molecule has 0 radical (unpaired) electrons. The molecule has 0 atom stereocenters. The fourth-order valence-corrected chi connectivity index (χ4v) is 1.76. The molecule has 0 aromatic carbocycles. The van der Waals surface area contributed by atoms with Gasteiger partial charge in [-0.05, 0) is 27.8 Å². The van der Waals surface area contributed by atoms with Crippen LogP contribution in [0.3, 0.4) is 0 Å². The Hall–Kier alpha value is -0.900. The molecule has 2 rings (SSSR count). The lowest BCUT2D eigenvalue weighted by Gasteiger charge is -2.38. The molecule has 0 spiro atoms. The highest BCUT2D eigenvalue weighted by atomic mass is 15.4. The molecule has 72 valence electrons. The molecule has 0 unspecified atom stereocenters. The molecule has 0 N–H and O–H groups in total. The Kier molecular flexibility index (Phi) is 1.70. The molecule has 1 aliphatic heterocycles. The zero-order valence-electron chi connectivity index (χ0n) is 8.70. The van der Waals surface area contributed by atoms with Crippen molar-refractivity contribution in [1.82, 2.24) is 19.7 Å². The quantitative estimate of drug-likeness (QED) is 0.591. The summed E-state index contributed by atoms with van der Waals surface area (Å²) in [5.74, 6) is 1.96. The van der Waals surface area contributed by atoms with Gasteiger partial charge in [0.25, 0.3) is 0 Å². The van der Waals surface area contributed by atoms with Crippen LogP contribution in [-0.4, -0.2) is 33.3 Å². The first-order valence-electron chi connectivity index (χ1n) is 4.65. The summed E-state index contributed by atoms with van der Waals surface area (Å²) in [6.45, 7) is 8.32. The minimum atomic E-state index is 0.0134. The van der Waals surface area contributed by atoms with Crippen LogP contribution in [0.25, 0.3) is 0 Å². The zero-order valence-corrected chi connectivity index (χ0v) is 8.70. The van der Waals surface area contributed by atoms with Gasteiger partial charge in [0.1, 0.15) is 11.6 Å². The first kappa shape index (κ1) is 8.69. The number of fused-ring (bicyclic) bond motifs is 1. The normalized spacial score (nSPS) is 21.5. The van der Waals surface area contributed by atoms with Gasteiger partial charge in [-0.2, -0.15) is 5.10 Å². The van der Waals surface area contributed by atoms with E-state index in [1.54, 1.807) is 0 Å². The fourth-order valence-electron chi connectivity index (χ4n) is 1.76. The van der Waals surface area contributed by atoms with E-state index in [-0.39, 0.29) is 5.54 Å². The Morgan fingerprint density at radius 1 is 1.31 bits per heavy atom. The number of hydrogen-bond donors (Lipinski definition) is 0. The molecule has 4 heteroatoms. The highest BCUT2D eigenvalue weighted by Crippen LogP contribution is 2.27. The van der Waals surface area contributed by atoms with E-state index in [1.807, 2.05) is 11.6 Å². The minimum absolute atomic E-state index is 0.0134. The maximum Gasteiger partial charge on any atom is 0.147 e. The van der Waals surface area contributed by atoms with E-state index in [0.29, 0.717) is 0 Å². The maximum atomic E-state index is 4.46. The number of nitrogens with zero attached hydrogens (tertiary/aromatic N) is 4. The highest BCUT2D eigenvalue weighted by Gasteiger charge is 2.34. The third kappa shape index (κ3) is 1.16. The monoisotopic (exact) mass is 180 g/mol. The lowest BCUT2D eigenvalue weighted by Crippen LogP contribution is -2.46. The van der Waals surface area contributed by atoms with Crippen LogP contribution in [0.4, 0.5) is 0 Å². The molecule has 2 heterocycles. The predicted molar refractivity (Wildman–Crippen MR) is 50.4 cm³/mol. The summed E-state index contributed by atoms with van der Waals surface area (Å²) in [6.07, 6.45) is 0. The average Bonchev–Trinajstić information content (AvgIpc) is 2.41. The molecule has 13 heavy (non-hydrogen) atoms. The molecular formula is C9H16N4. The van der Waals surface area contributed by atoms with Crippen LogP contribution >= 0.6 is 0 Å². The van der Waals surface area contributed by atoms with E-state index < -0.39 is 0 Å². The second-order valence-electron chi connectivity index (χ2n) is 4.19. The third-order valence-electron chi connectivity index (χ3n) is 2.93. The smallest absolute Gasteiger partial charge is 0.147 e. The van der Waals surface area contributed by atoms with Crippen molar-refractivity contribution in [2.45, 2.75) is 32.9 Å². The van der Waals surface area contributed by atoms with E-state index in [2.05, 4.69) is 35.9 Å². The Morgan fingerprint density at radius 3 is 2.69 bits per heavy atom. The highest BCUT2D eigenvalue weighted by molar-refractivity contribution is 5.07. The zero-order chi connectivity index (χ0) is 9.64. The first-order chi connectivity index (χ1) is 6.01. The Balaban J connectivity index is 2.51. The summed E-state index contributed by atoms with van der Waals surface area (Å²) >= 11 is 0. The molecule has 1 aromatic rings. The molecule has 0 fully saturated rings. The largest absolute Gasteiger partial charge is 0.293 e. The third-order valence-corrected chi connectivity index (χ3v) is 2.93. The Bertz CT molecular complexity index is 326. The Labute approximate surface area is 78.6 Å². The number of hydrogen-bond acceptors (Lipinski definition) is 3. The molecule has 0 saturated carbocycles. The maximum absolute atomic E-state index is 4.46. The predicted octanol–water partition coefficient (Wildman–Crippen LogP) is 0.767. The van der Waals surface area contributed by atoms with Crippen molar-refractivity contribution in [2.24, 2.45) is 0 Å². The van der Waals surface area contributed by atoms with E-state index >= 15 is 0 Å². The van der Waals surface area contributed by atoms with Gasteiger partial charge in [0.05, 0.1) is 12.1 Å². The van der Waals surface area contributed by atoms with Crippen LogP contribution < -0.4 is 0 Å². The fraction of sp³-hybridized carbons (Fsp3) is 0.778. The van der Waals surface area contributed by atoms with Crippen LogP contribution in [0.2, 0.25) is 0 Å². The van der Waals surface area contributed by atoms with Crippen LogP contribution in [0, 0.1) is 6.92 Å². The summed E-state index contributed by atoms with van der Waals surface area (Å²) in [6, 6.07) is 0. The molecule has 0 aliphatic carbocycles. The minimum Gasteiger partial charge on any atom is -0.293 e. The van der Waals surface area contributed by atoms with Gasteiger partial charge in [-0.3, -0.25) is 4.90 Å². The lowest BCUT2D eigenvalue weighted by molar-refractivity contribution is 0.105. The van der Waals surface area contributed by atoms with Gasteiger partial charge < -0.3 is 0 Å². The molecular weight excluding hydrogens is 164 g/mol. The van der Waals surface area contributed by atoms with Crippen molar-refractivity contribution < 1.29 is 0 Å². The summed E-state index contributed by atoms with van der Waals surface area (Å²) in [4.78, 5) is 6.78. The summed E-state index contributed by atoms with van der Waals surface area (Å²) in [7, 11) is 2.13. The van der Waals surface area contributed by atoms with Gasteiger partial charge in [0.15, 0.2) is 0 Å². The standard InChI is InChI=1S/C9H16N4/c1-7-10-8-9(2,3)12(4)5-6-13(8)11-7/h5-6H2,1-4H3. The van der Waals surface area contributed by atoms with Crippen LogP contribution in [0.5, 0.6) is 0 Å². The topological polar surface area (TPSA) is 34.0 Å². The van der Waals surface area contributed by atoms with E-state index in [9.17, 15) is 0 Å². The van der Waals surface area contributed by atoms with Crippen molar-refractivity contribution in [1.29, 1.82) is 0 Å². The first-order valence-corrected chi connectivity index (χ1v) is 4.65. The van der Waals surface area contributed by atoms with Gasteiger partial charge in [0, 0.05) is 6.54 Å². The number of rotatable bonds is 0. The van der Waals surface area contributed by atoms with E-state index in [4.69, 9.17) is 0 Å². The van der Waals surface area contributed by atoms with E-state index in [0.717, 1.165) is 24.7 Å². The van der Waals surface area contributed by atoms with Crippen LogP contribution in [-0.2, 0) is 12.1 Å². The van der Waals surface area contributed by atoms with Crippen molar-refractivity contribution in [3.8, 4) is 0 Å². The number of aryl methyl sites for hydroxylation is 1. The van der Waals surface area contributed by atoms with Gasteiger partial charge in [0.2, 0.25) is 0 Å². The van der Waals surface area contributed by atoms with Gasteiger partial charge >= 0.3 is 0 Å². The Morgan fingerprint density at radius 2 is 2.00 bits per heavy atom. The second-order valence-corrected chi connectivity index (χ2v) is 4.19. The molecule has 1 aliphatic rings. The summed E-state index contributed by atoms with van der Waals surface area (Å²) in [5.41, 5.74) is 0.0134. The van der Waals surface area contributed by atoms with Crippen LogP contribution in [0.1, 0.15) is 25.5 Å². The van der Waals surface area contributed by atoms with Crippen molar-refractivity contribution in [3.05, 3.63) is 11.6 Å². The molecule has 0 amide bonds. The lowest BCUT2D eigenvalue weighted by atomic mass is 10.0. The van der Waals surface area contributed by atoms with E-state index in [1.165, 1.54) is 0 Å². The van der Waals surface area contributed by atoms with Gasteiger partial charge in [-0.1, -0.05) is 0 Å². The molecule has 1 aromatic heterocycles. The average molecular weight is 180 g/mol. The summed E-state index contributed by atoms with van der Waals surface area (Å²) in [5, 5.41) is 4.36. The second kappa shape index (κ2) is 2.54. The van der Waals surface area contributed by atoms with Crippen LogP contribution in [0.15, 0.2) is 0 Å². The van der Waals surface area contributed by atoms with Crippen molar-refractivity contribution in [2.75, 3.05) is 13.6 Å². The van der Waals surface area contributed by atoms with Crippen molar-refractivity contribution >= 4 is 0 Å². The number of aromatic nitrogens is 3. The molecule has 4 nitrogen and oxygen atoms in total. The van der Waals surface area contributed by atoms with Gasteiger partial charge in [-0.25, -0.2) is 9.67 Å². The summed E-state index contributed by atoms with van der Waals surface area (Å²) < 4.78 is 2.02. The molecule has 0 bridgehead atoms. The molecule has 0 saturated heterocycles. The number of likely N-dealkylation sites (N-methyl/N-ethyl adjacent to an activating group) is 1.